The van der Waals surface area contributed by atoms with Crippen molar-refractivity contribution < 1.29 is 9.13 Å². The molecule has 4 nitrogen and oxygen atoms in total. The Balaban J connectivity index is 2.46. The van der Waals surface area contributed by atoms with Crippen LogP contribution < -0.4 is 5.32 Å². The van der Waals surface area contributed by atoms with Crippen LogP contribution in [-0.2, 0) is 11.3 Å². The van der Waals surface area contributed by atoms with Crippen molar-refractivity contribution in [2.45, 2.75) is 12.6 Å². The third kappa shape index (κ3) is 3.63. The molecule has 0 aliphatic rings. The van der Waals surface area contributed by atoms with E-state index in [0.717, 1.165) is 15.7 Å². The van der Waals surface area contributed by atoms with E-state index in [4.69, 9.17) is 16.3 Å². The average Bonchev–Trinajstić information content (AvgIpc) is 2.83. The van der Waals surface area contributed by atoms with Crippen LogP contribution in [0, 0.1) is 5.82 Å². The molecule has 21 heavy (non-hydrogen) atoms. The van der Waals surface area contributed by atoms with Gasteiger partial charge in [-0.25, -0.2) is 4.39 Å². The summed E-state index contributed by atoms with van der Waals surface area (Å²) in [6, 6.07) is 4.29. The first-order chi connectivity index (χ1) is 10.1. The molecule has 1 aromatic carbocycles. The smallest absolute Gasteiger partial charge is 0.123 e. The van der Waals surface area contributed by atoms with Gasteiger partial charge in [0.25, 0.3) is 0 Å². The molecular formula is C14H16BrClFN3O. The van der Waals surface area contributed by atoms with Gasteiger partial charge in [0.1, 0.15) is 5.82 Å². The molecule has 0 bridgehead atoms. The maximum absolute atomic E-state index is 13.6. The minimum Gasteiger partial charge on any atom is -0.383 e. The van der Waals surface area contributed by atoms with Crippen LogP contribution in [0.4, 0.5) is 4.39 Å². The van der Waals surface area contributed by atoms with Crippen molar-refractivity contribution >= 4 is 27.5 Å². The van der Waals surface area contributed by atoms with Crippen molar-refractivity contribution in [2.75, 3.05) is 20.8 Å². The van der Waals surface area contributed by atoms with Gasteiger partial charge in [0.05, 0.1) is 36.1 Å². The molecule has 0 aliphatic carbocycles. The molecule has 2 rings (SSSR count). The predicted molar refractivity (Wildman–Crippen MR) is 84.1 cm³/mol. The quantitative estimate of drug-likeness (QED) is 0.840. The number of hydrogen-bond donors (Lipinski definition) is 1. The summed E-state index contributed by atoms with van der Waals surface area (Å²) in [6.45, 7) is 1.09. The van der Waals surface area contributed by atoms with Gasteiger partial charge in [-0.1, -0.05) is 27.5 Å². The zero-order chi connectivity index (χ0) is 15.4. The van der Waals surface area contributed by atoms with Gasteiger partial charge in [-0.2, -0.15) is 5.10 Å². The lowest BCUT2D eigenvalue weighted by molar-refractivity contribution is 0.182. The molecule has 0 amide bonds. The lowest BCUT2D eigenvalue weighted by Crippen LogP contribution is -2.23. The number of ether oxygens (including phenoxy) is 1. The molecule has 1 N–H and O–H groups in total. The Morgan fingerprint density at radius 3 is 2.95 bits per heavy atom. The van der Waals surface area contributed by atoms with Crippen LogP contribution in [0.3, 0.4) is 0 Å². The Morgan fingerprint density at radius 2 is 2.29 bits per heavy atom. The minimum atomic E-state index is -0.299. The van der Waals surface area contributed by atoms with E-state index in [2.05, 4.69) is 26.3 Å². The molecule has 0 saturated heterocycles. The van der Waals surface area contributed by atoms with Crippen LogP contribution in [0.25, 0.3) is 0 Å². The van der Waals surface area contributed by atoms with Gasteiger partial charge >= 0.3 is 0 Å². The largest absolute Gasteiger partial charge is 0.383 e. The summed E-state index contributed by atoms with van der Waals surface area (Å²) in [6.07, 6.45) is 1.59. The van der Waals surface area contributed by atoms with E-state index in [9.17, 15) is 4.39 Å². The van der Waals surface area contributed by atoms with Crippen LogP contribution >= 0.6 is 27.5 Å². The summed E-state index contributed by atoms with van der Waals surface area (Å²) in [5, 5.41) is 7.95. The maximum Gasteiger partial charge on any atom is 0.123 e. The molecule has 1 aromatic heterocycles. The third-order valence-electron chi connectivity index (χ3n) is 3.17. The first-order valence-electron chi connectivity index (χ1n) is 6.40. The number of benzene rings is 1. The Bertz CT molecular complexity index is 620. The number of nitrogens with zero attached hydrogens (tertiary/aromatic N) is 2. The highest BCUT2D eigenvalue weighted by Gasteiger charge is 2.23. The average molecular weight is 377 g/mol. The number of aromatic nitrogens is 2. The summed E-state index contributed by atoms with van der Waals surface area (Å²) in [7, 11) is 3.43. The summed E-state index contributed by atoms with van der Waals surface area (Å²) >= 11 is 9.72. The van der Waals surface area contributed by atoms with Crippen LogP contribution in [0.1, 0.15) is 17.3 Å². The second-order valence-corrected chi connectivity index (χ2v) is 5.74. The summed E-state index contributed by atoms with van der Waals surface area (Å²) in [4.78, 5) is 0. The molecule has 0 spiro atoms. The van der Waals surface area contributed by atoms with Gasteiger partial charge in [-0.3, -0.25) is 4.68 Å². The number of nitrogens with one attached hydrogen (secondary N) is 1. The molecule has 1 unspecified atom stereocenters. The van der Waals surface area contributed by atoms with Crippen LogP contribution in [0.15, 0.2) is 28.9 Å². The topological polar surface area (TPSA) is 39.1 Å². The van der Waals surface area contributed by atoms with Gasteiger partial charge < -0.3 is 10.1 Å². The molecule has 0 aliphatic heterocycles. The van der Waals surface area contributed by atoms with E-state index < -0.39 is 0 Å². The number of rotatable bonds is 6. The molecular weight excluding hydrogens is 361 g/mol. The molecule has 2 aromatic rings. The van der Waals surface area contributed by atoms with E-state index >= 15 is 0 Å². The Hall–Kier alpha value is -0.950. The number of halogens is 3. The van der Waals surface area contributed by atoms with Gasteiger partial charge in [0.15, 0.2) is 0 Å². The van der Waals surface area contributed by atoms with Gasteiger partial charge in [-0.15, -0.1) is 0 Å². The zero-order valence-electron chi connectivity index (χ0n) is 11.7. The fourth-order valence-electron chi connectivity index (χ4n) is 2.19. The minimum absolute atomic E-state index is 0.276. The highest BCUT2D eigenvalue weighted by molar-refractivity contribution is 9.10. The normalized spacial score (nSPS) is 12.6. The van der Waals surface area contributed by atoms with Crippen molar-refractivity contribution in [3.05, 3.63) is 51.0 Å². The van der Waals surface area contributed by atoms with Crippen molar-refractivity contribution in [3.63, 3.8) is 0 Å². The predicted octanol–water partition coefficient (Wildman–Crippen LogP) is 3.39. The summed E-state index contributed by atoms with van der Waals surface area (Å²) < 4.78 is 21.2. The fraction of sp³-hybridized carbons (Fsp3) is 0.357. The fourth-order valence-corrected chi connectivity index (χ4v) is 2.92. The SMILES string of the molecule is CNC(c1cc(F)ccc1Br)c1c(Cl)cnn1CCOC. The molecule has 0 radical (unpaired) electrons. The first kappa shape index (κ1) is 16.4. The van der Waals surface area contributed by atoms with Crippen molar-refractivity contribution in [3.8, 4) is 0 Å². The van der Waals surface area contributed by atoms with E-state index in [1.54, 1.807) is 31.1 Å². The van der Waals surface area contributed by atoms with Crippen LogP contribution in [-0.4, -0.2) is 30.5 Å². The molecule has 0 saturated carbocycles. The lowest BCUT2D eigenvalue weighted by Gasteiger charge is -2.20. The zero-order valence-corrected chi connectivity index (χ0v) is 14.1. The number of methoxy groups -OCH3 is 1. The van der Waals surface area contributed by atoms with Gasteiger partial charge in [0.2, 0.25) is 0 Å². The van der Waals surface area contributed by atoms with Gasteiger partial charge in [0, 0.05) is 11.6 Å². The molecule has 1 heterocycles. The monoisotopic (exact) mass is 375 g/mol. The highest BCUT2D eigenvalue weighted by Crippen LogP contribution is 2.32. The van der Waals surface area contributed by atoms with Crippen molar-refractivity contribution in [1.29, 1.82) is 0 Å². The van der Waals surface area contributed by atoms with E-state index in [1.807, 2.05) is 0 Å². The van der Waals surface area contributed by atoms with Crippen molar-refractivity contribution in [1.82, 2.24) is 15.1 Å². The number of hydrogen-bond acceptors (Lipinski definition) is 3. The van der Waals surface area contributed by atoms with E-state index in [1.165, 1.54) is 12.1 Å². The second kappa shape index (κ2) is 7.35. The standard InChI is InChI=1S/C14H16BrClFN3O/c1-18-13(10-7-9(17)3-4-11(10)15)14-12(16)8-19-20(14)5-6-21-2/h3-4,7-8,13,18H,5-6H2,1-2H3. The van der Waals surface area contributed by atoms with Crippen LogP contribution in [0.2, 0.25) is 5.02 Å². The lowest BCUT2D eigenvalue weighted by atomic mass is 10.0. The molecule has 1 atom stereocenters. The molecule has 114 valence electrons. The summed E-state index contributed by atoms with van der Waals surface area (Å²) in [5.41, 5.74) is 1.54. The summed E-state index contributed by atoms with van der Waals surface area (Å²) in [5.74, 6) is -0.299. The van der Waals surface area contributed by atoms with Gasteiger partial charge in [-0.05, 0) is 30.8 Å². The first-order valence-corrected chi connectivity index (χ1v) is 7.58. The second-order valence-electron chi connectivity index (χ2n) is 4.48. The molecule has 0 fully saturated rings. The van der Waals surface area contributed by atoms with Crippen molar-refractivity contribution in [2.24, 2.45) is 0 Å². The van der Waals surface area contributed by atoms with E-state index in [0.29, 0.717) is 18.2 Å². The highest BCUT2D eigenvalue weighted by atomic mass is 79.9. The molecule has 7 heteroatoms. The van der Waals surface area contributed by atoms with Crippen LogP contribution in [0.5, 0.6) is 0 Å². The van der Waals surface area contributed by atoms with E-state index in [-0.39, 0.29) is 11.9 Å². The third-order valence-corrected chi connectivity index (χ3v) is 4.19. The maximum atomic E-state index is 13.6. The Labute approximate surface area is 136 Å². The Kier molecular flexibility index (Phi) is 5.75. The Morgan fingerprint density at radius 1 is 1.52 bits per heavy atom.